The number of nitrogens with one attached hydrogen (secondary N) is 1. The number of carbonyl (C=O) groups is 1. The molecule has 0 aliphatic carbocycles. The van der Waals surface area contributed by atoms with Gasteiger partial charge in [0.2, 0.25) is 0 Å². The smallest absolute Gasteiger partial charge is 0.340 e. The molecule has 0 amide bonds. The van der Waals surface area contributed by atoms with E-state index in [1.165, 1.54) is 18.2 Å². The number of benzene rings is 1. The van der Waals surface area contributed by atoms with Crippen LogP contribution in [-0.2, 0) is 10.0 Å². The second-order valence-electron chi connectivity index (χ2n) is 3.89. The molecule has 1 heterocycles. The molecule has 6 nitrogen and oxygen atoms in total. The van der Waals surface area contributed by atoms with Crippen molar-refractivity contribution < 1.29 is 22.7 Å². The van der Waals surface area contributed by atoms with E-state index >= 15 is 0 Å². The maximum atomic E-state index is 13.5. The number of rotatable bonds is 4. The Labute approximate surface area is 124 Å². The minimum absolute atomic E-state index is 0.103. The molecule has 1 aromatic carbocycles. The lowest BCUT2D eigenvalue weighted by atomic mass is 10.2. The van der Waals surface area contributed by atoms with Crippen LogP contribution in [0.1, 0.15) is 10.4 Å². The summed E-state index contributed by atoms with van der Waals surface area (Å²) < 4.78 is 39.7. The molecule has 0 spiro atoms. The van der Waals surface area contributed by atoms with Gasteiger partial charge < -0.3 is 5.11 Å². The summed E-state index contributed by atoms with van der Waals surface area (Å²) in [4.78, 5) is 14.4. The number of hydrogen-bond donors (Lipinski definition) is 2. The van der Waals surface area contributed by atoms with E-state index in [9.17, 15) is 17.6 Å². The van der Waals surface area contributed by atoms with Crippen LogP contribution >= 0.6 is 11.6 Å². The normalized spacial score (nSPS) is 11.1. The molecule has 2 N–H and O–H groups in total. The lowest BCUT2D eigenvalue weighted by molar-refractivity contribution is 0.0693. The summed E-state index contributed by atoms with van der Waals surface area (Å²) in [5.41, 5.74) is -1.14. The van der Waals surface area contributed by atoms with Crippen molar-refractivity contribution in [3.8, 4) is 0 Å². The van der Waals surface area contributed by atoms with Gasteiger partial charge in [0, 0.05) is 6.20 Å². The summed E-state index contributed by atoms with van der Waals surface area (Å²) in [6.45, 7) is 0. The third-order valence-corrected chi connectivity index (χ3v) is 4.06. The minimum atomic E-state index is -4.10. The van der Waals surface area contributed by atoms with Crippen molar-refractivity contribution in [1.29, 1.82) is 0 Å². The van der Waals surface area contributed by atoms with Gasteiger partial charge in [0.25, 0.3) is 10.0 Å². The molecule has 0 bridgehead atoms. The first kappa shape index (κ1) is 15.2. The molecule has 1 aromatic heterocycles. The van der Waals surface area contributed by atoms with Gasteiger partial charge in [0.1, 0.15) is 21.4 Å². The monoisotopic (exact) mass is 330 g/mol. The van der Waals surface area contributed by atoms with Crippen LogP contribution in [0.3, 0.4) is 0 Å². The highest BCUT2D eigenvalue weighted by molar-refractivity contribution is 7.92. The molecule has 2 aromatic rings. The van der Waals surface area contributed by atoms with Crippen LogP contribution in [0.15, 0.2) is 41.4 Å². The Morgan fingerprint density at radius 1 is 1.29 bits per heavy atom. The molecule has 0 aliphatic rings. The molecular formula is C12H8ClFN2O4S. The number of carboxylic acid groups (broad SMARTS) is 1. The van der Waals surface area contributed by atoms with Crippen LogP contribution < -0.4 is 4.72 Å². The van der Waals surface area contributed by atoms with Crippen LogP contribution in [0.4, 0.5) is 10.1 Å². The average Bonchev–Trinajstić information content (AvgIpc) is 2.38. The van der Waals surface area contributed by atoms with Gasteiger partial charge in [0.05, 0.1) is 5.69 Å². The SMILES string of the molecule is O=C(O)c1c(F)cccc1NS(=O)(=O)c1ccc(Cl)nc1. The average molecular weight is 331 g/mol. The molecule has 0 aliphatic heterocycles. The van der Waals surface area contributed by atoms with E-state index in [0.717, 1.165) is 18.3 Å². The molecule has 0 unspecified atom stereocenters. The fourth-order valence-electron chi connectivity index (χ4n) is 1.55. The first-order valence-corrected chi connectivity index (χ1v) is 7.33. The van der Waals surface area contributed by atoms with E-state index in [1.54, 1.807) is 0 Å². The Balaban J connectivity index is 2.44. The Bertz CT molecular complexity index is 793. The van der Waals surface area contributed by atoms with Crippen molar-refractivity contribution in [3.63, 3.8) is 0 Å². The van der Waals surface area contributed by atoms with Crippen LogP contribution in [0.5, 0.6) is 0 Å². The van der Waals surface area contributed by atoms with Crippen LogP contribution in [0.2, 0.25) is 5.15 Å². The number of aromatic nitrogens is 1. The quantitative estimate of drug-likeness (QED) is 0.839. The van der Waals surface area contributed by atoms with Crippen LogP contribution in [0.25, 0.3) is 0 Å². The van der Waals surface area contributed by atoms with Gasteiger partial charge >= 0.3 is 5.97 Å². The van der Waals surface area contributed by atoms with Crippen molar-refractivity contribution in [2.24, 2.45) is 0 Å². The van der Waals surface area contributed by atoms with Gasteiger partial charge in [0.15, 0.2) is 0 Å². The van der Waals surface area contributed by atoms with Crippen LogP contribution in [0, 0.1) is 5.82 Å². The molecule has 2 rings (SSSR count). The summed E-state index contributed by atoms with van der Waals surface area (Å²) in [6, 6.07) is 5.72. The minimum Gasteiger partial charge on any atom is -0.478 e. The van der Waals surface area contributed by atoms with Crippen molar-refractivity contribution >= 4 is 33.3 Å². The van der Waals surface area contributed by atoms with Gasteiger partial charge in [-0.1, -0.05) is 17.7 Å². The lowest BCUT2D eigenvalue weighted by Crippen LogP contribution is -2.16. The highest BCUT2D eigenvalue weighted by Gasteiger charge is 2.21. The van der Waals surface area contributed by atoms with E-state index in [0.29, 0.717) is 0 Å². The first-order chi connectivity index (χ1) is 9.81. The Kier molecular flexibility index (Phi) is 4.10. The van der Waals surface area contributed by atoms with Crippen molar-refractivity contribution in [3.05, 3.63) is 53.1 Å². The maximum absolute atomic E-state index is 13.5. The molecule has 0 fully saturated rings. The summed E-state index contributed by atoms with van der Waals surface area (Å²) in [5, 5.41) is 9.05. The summed E-state index contributed by atoms with van der Waals surface area (Å²) in [5.74, 6) is -2.63. The largest absolute Gasteiger partial charge is 0.478 e. The molecular weight excluding hydrogens is 323 g/mol. The fraction of sp³-hybridized carbons (Fsp3) is 0. The molecule has 0 saturated heterocycles. The second-order valence-corrected chi connectivity index (χ2v) is 5.96. The predicted molar refractivity (Wildman–Crippen MR) is 73.4 cm³/mol. The standard InChI is InChI=1S/C12H8ClFN2O4S/c13-10-5-4-7(6-15-10)21(19,20)16-9-3-1-2-8(14)11(9)12(17)18/h1-6,16H,(H,17,18). The van der Waals surface area contributed by atoms with Crippen molar-refractivity contribution in [1.82, 2.24) is 4.98 Å². The van der Waals surface area contributed by atoms with Gasteiger partial charge in [-0.15, -0.1) is 0 Å². The Morgan fingerprint density at radius 2 is 2.00 bits per heavy atom. The molecule has 9 heteroatoms. The number of aromatic carboxylic acids is 1. The van der Waals surface area contributed by atoms with Crippen molar-refractivity contribution in [2.45, 2.75) is 4.90 Å². The summed E-state index contributed by atoms with van der Waals surface area (Å²) >= 11 is 5.56. The number of halogens is 2. The highest BCUT2D eigenvalue weighted by atomic mass is 35.5. The Hall–Kier alpha value is -2.19. The first-order valence-electron chi connectivity index (χ1n) is 5.47. The van der Waals surface area contributed by atoms with E-state index in [2.05, 4.69) is 4.98 Å². The molecule has 0 saturated carbocycles. The summed E-state index contributed by atoms with van der Waals surface area (Å²) in [7, 11) is -4.10. The molecule has 0 radical (unpaired) electrons. The number of anilines is 1. The van der Waals surface area contributed by atoms with Crippen molar-refractivity contribution in [2.75, 3.05) is 4.72 Å². The van der Waals surface area contributed by atoms with E-state index < -0.39 is 27.4 Å². The zero-order valence-corrected chi connectivity index (χ0v) is 11.8. The fourth-order valence-corrected chi connectivity index (χ4v) is 2.68. The van der Waals surface area contributed by atoms with E-state index in [1.807, 2.05) is 4.72 Å². The van der Waals surface area contributed by atoms with Gasteiger partial charge in [-0.05, 0) is 24.3 Å². The number of carboxylic acids is 1. The number of hydrogen-bond acceptors (Lipinski definition) is 4. The maximum Gasteiger partial charge on any atom is 0.340 e. The van der Waals surface area contributed by atoms with Gasteiger partial charge in [-0.2, -0.15) is 0 Å². The third kappa shape index (κ3) is 3.29. The molecule has 110 valence electrons. The Morgan fingerprint density at radius 3 is 2.57 bits per heavy atom. The third-order valence-electron chi connectivity index (χ3n) is 2.48. The summed E-state index contributed by atoms with van der Waals surface area (Å²) in [6.07, 6.45) is 1.00. The van der Waals surface area contributed by atoms with E-state index in [-0.39, 0.29) is 15.7 Å². The molecule has 0 atom stereocenters. The highest BCUT2D eigenvalue weighted by Crippen LogP contribution is 2.22. The number of nitrogens with zero attached hydrogens (tertiary/aromatic N) is 1. The topological polar surface area (TPSA) is 96.4 Å². The second kappa shape index (κ2) is 5.66. The molecule has 21 heavy (non-hydrogen) atoms. The van der Waals surface area contributed by atoms with Gasteiger partial charge in [-0.25, -0.2) is 22.6 Å². The van der Waals surface area contributed by atoms with E-state index in [4.69, 9.17) is 16.7 Å². The zero-order chi connectivity index (χ0) is 15.6. The van der Waals surface area contributed by atoms with Crippen LogP contribution in [-0.4, -0.2) is 24.5 Å². The predicted octanol–water partition coefficient (Wildman–Crippen LogP) is 2.37. The number of pyridine rings is 1. The zero-order valence-electron chi connectivity index (χ0n) is 10.2. The van der Waals surface area contributed by atoms with Gasteiger partial charge in [-0.3, -0.25) is 4.72 Å². The number of sulfonamides is 1. The lowest BCUT2D eigenvalue weighted by Gasteiger charge is -2.10.